The number of ether oxygens (including phenoxy) is 1. The largest absolute Gasteiger partial charge is 0.490 e. The molecule has 1 saturated heterocycles. The molecule has 9 nitrogen and oxygen atoms in total. The van der Waals surface area contributed by atoms with Gasteiger partial charge in [-0.25, -0.2) is 22.3 Å². The zero-order valence-corrected chi connectivity index (χ0v) is 17.5. The molecule has 0 aromatic heterocycles. The summed E-state index contributed by atoms with van der Waals surface area (Å²) in [6.45, 7) is 2.10. The smallest absolute Gasteiger partial charge is 0.348 e. The Balaban J connectivity index is 1.42. The number of halogens is 1. The Kier molecular flexibility index (Phi) is 7.27. The molecule has 3 amide bonds. The highest BCUT2D eigenvalue weighted by Gasteiger charge is 2.27. The minimum Gasteiger partial charge on any atom is -0.490 e. The van der Waals surface area contributed by atoms with Crippen molar-refractivity contribution in [1.29, 1.82) is 0 Å². The summed E-state index contributed by atoms with van der Waals surface area (Å²) in [5.74, 6) is -0.427. The number of unbranched alkanes of at least 4 members (excludes halogenated alkanes) is 1. The second-order valence-corrected chi connectivity index (χ2v) is 9.41. The Labute approximate surface area is 174 Å². The quantitative estimate of drug-likeness (QED) is 0.377. The Morgan fingerprint density at radius 3 is 2.73 bits per heavy atom. The van der Waals surface area contributed by atoms with E-state index >= 15 is 0 Å². The Bertz CT molecular complexity index is 890. The van der Waals surface area contributed by atoms with E-state index < -0.39 is 33.8 Å². The molecule has 11 heteroatoms. The van der Waals surface area contributed by atoms with Crippen LogP contribution < -0.4 is 14.8 Å². The first-order chi connectivity index (χ1) is 14.2. The Hall–Kier alpha value is -2.24. The highest BCUT2D eigenvalue weighted by molar-refractivity contribution is 7.89. The summed E-state index contributed by atoms with van der Waals surface area (Å²) in [4.78, 5) is 27.5. The van der Waals surface area contributed by atoms with Crippen LogP contribution in [0.25, 0.3) is 0 Å². The van der Waals surface area contributed by atoms with Gasteiger partial charge in [-0.05, 0) is 56.2 Å². The van der Waals surface area contributed by atoms with Gasteiger partial charge in [-0.2, -0.15) is 5.06 Å². The van der Waals surface area contributed by atoms with Gasteiger partial charge in [-0.15, -0.1) is 0 Å². The molecule has 1 aromatic carbocycles. The molecule has 0 spiro atoms. The minimum absolute atomic E-state index is 0.116. The number of hydrogen-bond acceptors (Lipinski definition) is 6. The molecule has 2 aliphatic rings. The van der Waals surface area contributed by atoms with Gasteiger partial charge < -0.3 is 4.74 Å². The van der Waals surface area contributed by atoms with Crippen LogP contribution in [-0.4, -0.2) is 50.9 Å². The lowest BCUT2D eigenvalue weighted by Crippen LogP contribution is -2.30. The molecular weight excluding hydrogens is 417 g/mol. The van der Waals surface area contributed by atoms with E-state index in [2.05, 4.69) is 10.0 Å². The van der Waals surface area contributed by atoms with Crippen LogP contribution in [0.3, 0.4) is 0 Å². The van der Waals surface area contributed by atoms with Crippen LogP contribution in [0.1, 0.15) is 44.2 Å². The molecule has 1 aliphatic carbocycles. The van der Waals surface area contributed by atoms with Gasteiger partial charge in [0.25, 0.3) is 0 Å². The number of hydroxylamine groups is 2. The molecule has 1 atom stereocenters. The monoisotopic (exact) mass is 443 g/mol. The maximum atomic E-state index is 13.9. The highest BCUT2D eigenvalue weighted by Crippen LogP contribution is 2.31. The number of urea groups is 1. The molecule has 1 aromatic rings. The fourth-order valence-electron chi connectivity index (χ4n) is 2.88. The first-order valence-electron chi connectivity index (χ1n) is 9.90. The molecule has 2 fully saturated rings. The van der Waals surface area contributed by atoms with Gasteiger partial charge in [0.1, 0.15) is 6.54 Å². The van der Waals surface area contributed by atoms with Gasteiger partial charge >= 0.3 is 6.03 Å². The highest BCUT2D eigenvalue weighted by atomic mass is 32.2. The summed E-state index contributed by atoms with van der Waals surface area (Å²) >= 11 is 0. The molecule has 3 rings (SSSR count). The summed E-state index contributed by atoms with van der Waals surface area (Å²) in [6, 6.07) is 3.17. The van der Waals surface area contributed by atoms with Crippen molar-refractivity contribution in [2.45, 2.75) is 38.6 Å². The summed E-state index contributed by atoms with van der Waals surface area (Å²) in [6.07, 6.45) is 2.88. The molecular formula is C19H26FN3O6S. The van der Waals surface area contributed by atoms with Crippen molar-refractivity contribution < 1.29 is 32.0 Å². The lowest BCUT2D eigenvalue weighted by Gasteiger charge is -2.16. The van der Waals surface area contributed by atoms with Crippen molar-refractivity contribution >= 4 is 22.0 Å². The van der Waals surface area contributed by atoms with Crippen LogP contribution in [0, 0.1) is 11.7 Å². The van der Waals surface area contributed by atoms with Crippen molar-refractivity contribution in [2.24, 2.45) is 5.92 Å². The zero-order chi connectivity index (χ0) is 21.7. The number of carbonyl (C=O) groups excluding carboxylic acids is 2. The number of sulfonamides is 1. The fourth-order valence-corrected chi connectivity index (χ4v) is 4.26. The first kappa shape index (κ1) is 22.4. The number of amides is 3. The second-order valence-electron chi connectivity index (χ2n) is 7.53. The average Bonchev–Trinajstić information content (AvgIpc) is 3.44. The predicted molar refractivity (Wildman–Crippen MR) is 105 cm³/mol. The van der Waals surface area contributed by atoms with Crippen LogP contribution in [0.5, 0.6) is 5.75 Å². The standard InChI is InChI=1S/C19H26FN3O6S/c1-13(15-6-7-16(20)17(10-15)28-12-14-4-5-14)22-30(26,27)9-3-2-8-29-23-11-18(24)21-19(23)25/h6-7,10,13-14,22H,2-5,8-9,11-12H2,1H3,(H,21,24,25)/t13-/m1/s1. The second kappa shape index (κ2) is 9.71. The van der Waals surface area contributed by atoms with E-state index in [4.69, 9.17) is 9.57 Å². The van der Waals surface area contributed by atoms with Gasteiger partial charge in [0.2, 0.25) is 15.9 Å². The molecule has 1 saturated carbocycles. The lowest BCUT2D eigenvalue weighted by molar-refractivity contribution is -0.130. The van der Waals surface area contributed by atoms with Gasteiger partial charge in [-0.3, -0.25) is 14.9 Å². The van der Waals surface area contributed by atoms with Crippen LogP contribution in [0.15, 0.2) is 18.2 Å². The molecule has 1 aliphatic heterocycles. The van der Waals surface area contributed by atoms with E-state index in [1.165, 1.54) is 18.2 Å². The SMILES string of the molecule is C[C@@H](NS(=O)(=O)CCCCON1CC(=O)NC1=O)c1ccc(F)c(OCC2CC2)c1. The van der Waals surface area contributed by atoms with Crippen molar-refractivity contribution in [3.63, 3.8) is 0 Å². The number of benzene rings is 1. The molecule has 166 valence electrons. The summed E-state index contributed by atoms with van der Waals surface area (Å²) in [5, 5.41) is 2.99. The van der Waals surface area contributed by atoms with Crippen LogP contribution in [0.2, 0.25) is 0 Å². The number of rotatable bonds is 12. The summed E-state index contributed by atoms with van der Waals surface area (Å²) < 4.78 is 46.7. The molecule has 2 N–H and O–H groups in total. The Morgan fingerprint density at radius 1 is 1.30 bits per heavy atom. The van der Waals surface area contributed by atoms with Crippen LogP contribution in [-0.2, 0) is 19.7 Å². The maximum Gasteiger partial charge on any atom is 0.348 e. The number of nitrogens with zero attached hydrogens (tertiary/aromatic N) is 1. The van der Waals surface area contributed by atoms with Crippen LogP contribution in [0.4, 0.5) is 9.18 Å². The molecule has 30 heavy (non-hydrogen) atoms. The third-order valence-corrected chi connectivity index (χ3v) is 6.34. The molecule has 1 heterocycles. The summed E-state index contributed by atoms with van der Waals surface area (Å²) in [7, 11) is -3.57. The van der Waals surface area contributed by atoms with Crippen molar-refractivity contribution in [2.75, 3.05) is 25.5 Å². The van der Waals surface area contributed by atoms with Crippen molar-refractivity contribution in [3.05, 3.63) is 29.6 Å². The van der Waals surface area contributed by atoms with E-state index in [9.17, 15) is 22.4 Å². The first-order valence-corrected chi connectivity index (χ1v) is 11.6. The van der Waals surface area contributed by atoms with E-state index in [0.717, 1.165) is 17.9 Å². The number of carbonyl (C=O) groups is 2. The van der Waals surface area contributed by atoms with E-state index in [1.54, 1.807) is 6.92 Å². The number of nitrogens with one attached hydrogen (secondary N) is 2. The topological polar surface area (TPSA) is 114 Å². The van der Waals surface area contributed by atoms with E-state index in [-0.39, 0.29) is 24.7 Å². The maximum absolute atomic E-state index is 13.9. The lowest BCUT2D eigenvalue weighted by atomic mass is 10.1. The van der Waals surface area contributed by atoms with Crippen molar-refractivity contribution in [3.8, 4) is 5.75 Å². The third-order valence-electron chi connectivity index (χ3n) is 4.80. The zero-order valence-electron chi connectivity index (χ0n) is 16.7. The van der Waals surface area contributed by atoms with E-state index in [1.807, 2.05) is 0 Å². The molecule has 0 bridgehead atoms. The van der Waals surface area contributed by atoms with E-state index in [0.29, 0.717) is 30.9 Å². The Morgan fingerprint density at radius 2 is 2.07 bits per heavy atom. The predicted octanol–water partition coefficient (Wildman–Crippen LogP) is 1.86. The van der Waals surface area contributed by atoms with Crippen molar-refractivity contribution in [1.82, 2.24) is 15.1 Å². The summed E-state index contributed by atoms with van der Waals surface area (Å²) in [5.41, 5.74) is 0.610. The van der Waals surface area contributed by atoms with Gasteiger partial charge in [0.05, 0.1) is 19.0 Å². The van der Waals surface area contributed by atoms with Crippen LogP contribution >= 0.6 is 0 Å². The average molecular weight is 443 g/mol. The molecule has 0 unspecified atom stereocenters. The van der Waals surface area contributed by atoms with Gasteiger partial charge in [0.15, 0.2) is 11.6 Å². The number of hydrogen-bond donors (Lipinski definition) is 2. The molecule has 0 radical (unpaired) electrons. The number of imide groups is 1. The third kappa shape index (κ3) is 6.64. The van der Waals surface area contributed by atoms with Gasteiger partial charge in [-0.1, -0.05) is 6.07 Å². The fraction of sp³-hybridized carbons (Fsp3) is 0.579. The minimum atomic E-state index is -3.57. The van der Waals surface area contributed by atoms with Gasteiger partial charge in [0, 0.05) is 6.04 Å². The normalized spacial score (nSPS) is 17.9.